The molecule has 0 spiro atoms. The van der Waals surface area contributed by atoms with Gasteiger partial charge < -0.3 is 36.2 Å². The summed E-state index contributed by atoms with van der Waals surface area (Å²) in [7, 11) is -2.17. The summed E-state index contributed by atoms with van der Waals surface area (Å²) in [6.07, 6.45) is 0. The molecule has 0 aliphatic rings. The van der Waals surface area contributed by atoms with Crippen molar-refractivity contribution in [1.29, 1.82) is 0 Å². The largest absolute Gasteiger partial charge is 1.00 e. The zero-order valence-electron chi connectivity index (χ0n) is 9.87. The Labute approximate surface area is 113 Å². The normalized spacial score (nSPS) is 8.60. The first-order chi connectivity index (χ1) is 6.65. The van der Waals surface area contributed by atoms with Gasteiger partial charge in [-0.2, -0.15) is 0 Å². The zero-order valence-corrected chi connectivity index (χ0v) is 10.9. The van der Waals surface area contributed by atoms with Gasteiger partial charge in [0.2, 0.25) is 0 Å². The maximum Gasteiger partial charge on any atom is 1.00 e. The van der Waals surface area contributed by atoms with Crippen molar-refractivity contribution in [3.63, 3.8) is 0 Å². The van der Waals surface area contributed by atoms with E-state index in [1.165, 1.54) is 0 Å². The van der Waals surface area contributed by atoms with Gasteiger partial charge in [-0.3, -0.25) is 0 Å². The van der Waals surface area contributed by atoms with Gasteiger partial charge in [-0.25, -0.2) is 0 Å². The summed E-state index contributed by atoms with van der Waals surface area (Å²) in [4.78, 5) is 0. The summed E-state index contributed by atoms with van der Waals surface area (Å²) in [5, 5.41) is 38.0. The molecule has 5 N–H and O–H groups in total. The van der Waals surface area contributed by atoms with E-state index in [-0.39, 0.29) is 44.2 Å². The van der Waals surface area contributed by atoms with Crippen molar-refractivity contribution in [2.24, 2.45) is 0 Å². The molecule has 0 aromatic carbocycles. The molecule has 0 radical (unpaired) electrons. The average molecular weight is 236 g/mol. The average Bonchev–Trinajstić information content (AvgIpc) is 2.10. The Balaban J connectivity index is -0.000000105. The molecular weight excluding hydrogens is 218 g/mol. The van der Waals surface area contributed by atoms with Crippen LogP contribution >= 0.6 is 0 Å². The Morgan fingerprint density at radius 2 is 1.07 bits per heavy atom. The van der Waals surface area contributed by atoms with Gasteiger partial charge in [-0.1, -0.05) is 0 Å². The van der Waals surface area contributed by atoms with Crippen LogP contribution in [0.15, 0.2) is 0 Å². The van der Waals surface area contributed by atoms with Crippen LogP contribution in [0, 0.1) is 0 Å². The molecule has 88 valence electrons. The number of aliphatic hydroxyl groups is 2. The summed E-state index contributed by atoms with van der Waals surface area (Å²) in [5.41, 5.74) is 0. The van der Waals surface area contributed by atoms with Crippen LogP contribution in [0.5, 0.6) is 0 Å². The summed E-state index contributed by atoms with van der Waals surface area (Å²) < 4.78 is 9.75. The van der Waals surface area contributed by atoms with Crippen molar-refractivity contribution in [1.82, 2.24) is 0 Å². The number of ether oxygens (including phenoxy) is 2. The van der Waals surface area contributed by atoms with Crippen molar-refractivity contribution in [2.75, 3.05) is 39.6 Å². The Hall–Kier alpha value is 0.785. The molecule has 0 bridgehead atoms. The van der Waals surface area contributed by atoms with Crippen LogP contribution in [-0.2, 0) is 9.47 Å². The number of aliphatic hydroxyl groups excluding tert-OH is 2. The molecule has 0 aliphatic heterocycles. The predicted molar refractivity (Wildman–Crippen MR) is 49.3 cm³/mol. The van der Waals surface area contributed by atoms with E-state index in [0.29, 0.717) is 26.4 Å². The zero-order chi connectivity index (χ0) is 11.2. The third-order valence-corrected chi connectivity index (χ3v) is 0.843. The number of hydrogen-bond acceptors (Lipinski definition) is 7. The van der Waals surface area contributed by atoms with Gasteiger partial charge in [-0.05, 0) is 0 Å². The first kappa shape index (κ1) is 21.1. The molecule has 0 heterocycles. The summed E-state index contributed by atoms with van der Waals surface area (Å²) >= 11 is 0. The van der Waals surface area contributed by atoms with E-state index in [4.69, 9.17) is 34.8 Å². The summed E-state index contributed by atoms with van der Waals surface area (Å²) in [6, 6.07) is 0. The molecule has 0 amide bonds. The van der Waals surface area contributed by atoms with Crippen molar-refractivity contribution in [3.05, 3.63) is 0 Å². The van der Waals surface area contributed by atoms with Gasteiger partial charge >= 0.3 is 36.9 Å². The van der Waals surface area contributed by atoms with Crippen LogP contribution in [0.2, 0.25) is 0 Å². The molecule has 0 unspecified atom stereocenters. The number of rotatable bonds is 7. The Morgan fingerprint density at radius 1 is 0.800 bits per heavy atom. The monoisotopic (exact) mass is 236 g/mol. The van der Waals surface area contributed by atoms with Crippen molar-refractivity contribution >= 4 is 7.32 Å². The van der Waals surface area contributed by atoms with E-state index in [0.717, 1.165) is 0 Å². The molecule has 0 saturated carbocycles. The van der Waals surface area contributed by atoms with Gasteiger partial charge in [0.1, 0.15) is 0 Å². The molecule has 0 aromatic rings. The standard InChI is InChI=1S/C6H14O4.BH3O3.Na.H/c7-1-3-9-5-6-10-4-2-8;2-1(3)4;;/h7-8H,1-6H2;2-4H;;/q;;+1;-1. The van der Waals surface area contributed by atoms with Crippen LogP contribution < -0.4 is 29.6 Å². The minimum atomic E-state index is -2.17. The van der Waals surface area contributed by atoms with Gasteiger partial charge in [0.25, 0.3) is 0 Å². The molecule has 0 saturated heterocycles. The van der Waals surface area contributed by atoms with Gasteiger partial charge in [0.05, 0.1) is 39.6 Å². The SMILES string of the molecule is OB(O)O.OCCOCCOCCO.[H-].[Na+]. The van der Waals surface area contributed by atoms with Crippen LogP contribution in [0.3, 0.4) is 0 Å². The fraction of sp³-hybridized carbons (Fsp3) is 1.00. The topological polar surface area (TPSA) is 120 Å². The second kappa shape index (κ2) is 20.2. The molecule has 0 aliphatic carbocycles. The van der Waals surface area contributed by atoms with E-state index in [9.17, 15) is 0 Å². The minimum Gasteiger partial charge on any atom is -1.00 e. The fourth-order valence-corrected chi connectivity index (χ4v) is 0.451. The maximum atomic E-state index is 8.26. The molecule has 0 atom stereocenters. The Bertz CT molecular complexity index is 92.2. The van der Waals surface area contributed by atoms with Gasteiger partial charge in [0, 0.05) is 0 Å². The molecule has 9 heteroatoms. The van der Waals surface area contributed by atoms with E-state index in [2.05, 4.69) is 0 Å². The van der Waals surface area contributed by atoms with Crippen molar-refractivity contribution in [2.45, 2.75) is 0 Å². The van der Waals surface area contributed by atoms with Crippen molar-refractivity contribution in [3.8, 4) is 0 Å². The van der Waals surface area contributed by atoms with Crippen LogP contribution in [0.25, 0.3) is 0 Å². The molecule has 0 rings (SSSR count). The van der Waals surface area contributed by atoms with Crippen LogP contribution in [-0.4, -0.2) is 72.2 Å². The quantitative estimate of drug-likeness (QED) is 0.220. The molecule has 0 aromatic heterocycles. The van der Waals surface area contributed by atoms with E-state index in [1.54, 1.807) is 0 Å². The molecule has 0 fully saturated rings. The second-order valence-corrected chi connectivity index (χ2v) is 2.02. The Kier molecular flexibility index (Phi) is 28.5. The summed E-state index contributed by atoms with van der Waals surface area (Å²) in [6.45, 7) is 1.73. The smallest absolute Gasteiger partial charge is 1.00 e. The van der Waals surface area contributed by atoms with E-state index in [1.807, 2.05) is 0 Å². The number of hydrogen-bond donors (Lipinski definition) is 5. The summed E-state index contributed by atoms with van der Waals surface area (Å²) in [5.74, 6) is 0. The fourth-order valence-electron chi connectivity index (χ4n) is 0.451. The third-order valence-electron chi connectivity index (χ3n) is 0.843. The third kappa shape index (κ3) is 39.9. The van der Waals surface area contributed by atoms with E-state index < -0.39 is 7.32 Å². The maximum absolute atomic E-state index is 8.26. The second-order valence-electron chi connectivity index (χ2n) is 2.02. The van der Waals surface area contributed by atoms with Crippen LogP contribution in [0.4, 0.5) is 0 Å². The van der Waals surface area contributed by atoms with Crippen molar-refractivity contribution < 1.29 is 65.7 Å². The molecular formula is C6H18BNaO7. The Morgan fingerprint density at radius 3 is 1.27 bits per heavy atom. The van der Waals surface area contributed by atoms with Gasteiger partial charge in [-0.15, -0.1) is 0 Å². The van der Waals surface area contributed by atoms with Gasteiger partial charge in [0.15, 0.2) is 0 Å². The minimum absolute atomic E-state index is 0. The predicted octanol–water partition coefficient (Wildman–Crippen LogP) is -5.93. The molecule has 7 nitrogen and oxygen atoms in total. The van der Waals surface area contributed by atoms with Crippen LogP contribution in [0.1, 0.15) is 1.43 Å². The first-order valence-corrected chi connectivity index (χ1v) is 4.06. The first-order valence-electron chi connectivity index (χ1n) is 4.06. The van der Waals surface area contributed by atoms with E-state index >= 15 is 0 Å². The molecule has 15 heavy (non-hydrogen) atoms.